The Kier molecular flexibility index (Phi) is 3.29. The molecule has 0 saturated heterocycles. The predicted molar refractivity (Wildman–Crippen MR) is 52.6 cm³/mol. The number of nitrogens with zero attached hydrogens (tertiary/aromatic N) is 2. The molecule has 4 nitrogen and oxygen atoms in total. The van der Waals surface area contributed by atoms with Gasteiger partial charge in [-0.05, 0) is 13.8 Å². The van der Waals surface area contributed by atoms with E-state index in [2.05, 4.69) is 4.99 Å². The minimum atomic E-state index is 0.316. The van der Waals surface area contributed by atoms with Gasteiger partial charge in [-0.25, -0.2) is 0 Å². The molecule has 4 heteroatoms. The van der Waals surface area contributed by atoms with Gasteiger partial charge in [0.2, 0.25) is 5.88 Å². The van der Waals surface area contributed by atoms with Gasteiger partial charge in [-0.15, -0.1) is 0 Å². The Balaban J connectivity index is 2.98. The highest BCUT2D eigenvalue weighted by Gasteiger charge is 2.09. The van der Waals surface area contributed by atoms with Crippen LogP contribution < -0.4 is 0 Å². The molecule has 0 saturated carbocycles. The lowest BCUT2D eigenvalue weighted by Crippen LogP contribution is -1.97. The van der Waals surface area contributed by atoms with Crippen molar-refractivity contribution in [2.45, 2.75) is 20.8 Å². The number of rotatable bonds is 2. The van der Waals surface area contributed by atoms with E-state index in [4.69, 9.17) is 14.4 Å². The van der Waals surface area contributed by atoms with Gasteiger partial charge < -0.3 is 9.15 Å². The molecule has 1 heterocycles. The molecule has 0 N–H and O–H groups in total. The third-order valence-electron chi connectivity index (χ3n) is 1.68. The van der Waals surface area contributed by atoms with Crippen molar-refractivity contribution in [3.63, 3.8) is 0 Å². The fourth-order valence-corrected chi connectivity index (χ4v) is 1.03. The van der Waals surface area contributed by atoms with E-state index in [-0.39, 0.29) is 0 Å². The van der Waals surface area contributed by atoms with Crippen LogP contribution in [0.5, 0.6) is 0 Å². The summed E-state index contributed by atoms with van der Waals surface area (Å²) in [7, 11) is 0. The van der Waals surface area contributed by atoms with Gasteiger partial charge >= 0.3 is 0 Å². The fraction of sp³-hybridized carbons (Fsp3) is 0.400. The average Bonchev–Trinajstić information content (AvgIpc) is 2.47. The molecule has 0 atom stereocenters. The topological polar surface area (TPSA) is 58.5 Å². The maximum absolute atomic E-state index is 8.81. The van der Waals surface area contributed by atoms with Gasteiger partial charge in [-0.3, -0.25) is 0 Å². The Morgan fingerprint density at radius 1 is 1.71 bits per heavy atom. The van der Waals surface area contributed by atoms with E-state index in [1.54, 1.807) is 13.8 Å². The van der Waals surface area contributed by atoms with Crippen LogP contribution in [0.3, 0.4) is 0 Å². The first-order chi connectivity index (χ1) is 6.69. The molecule has 0 aromatic carbocycles. The van der Waals surface area contributed by atoms with E-state index in [9.17, 15) is 0 Å². The zero-order valence-corrected chi connectivity index (χ0v) is 8.50. The van der Waals surface area contributed by atoms with Crippen LogP contribution in [0.1, 0.15) is 25.0 Å². The largest absolute Gasteiger partial charge is 0.481 e. The quantitative estimate of drug-likeness (QED) is 0.534. The van der Waals surface area contributed by atoms with Crippen molar-refractivity contribution in [3.8, 4) is 6.07 Å². The van der Waals surface area contributed by atoms with E-state index in [0.29, 0.717) is 24.0 Å². The van der Waals surface area contributed by atoms with Crippen LogP contribution in [-0.2, 0) is 4.74 Å². The van der Waals surface area contributed by atoms with Crippen molar-refractivity contribution in [2.75, 3.05) is 6.61 Å². The Labute approximate surface area is 82.8 Å². The van der Waals surface area contributed by atoms with Crippen molar-refractivity contribution in [1.82, 2.24) is 0 Å². The van der Waals surface area contributed by atoms with Gasteiger partial charge in [0.05, 0.1) is 12.9 Å². The molecule has 0 aliphatic heterocycles. The lowest BCUT2D eigenvalue weighted by molar-refractivity contribution is 0.324. The maximum atomic E-state index is 8.81. The van der Waals surface area contributed by atoms with Crippen LogP contribution in [-0.4, -0.2) is 12.5 Å². The molecule has 0 bridgehead atoms. The zero-order valence-electron chi connectivity index (χ0n) is 8.50. The Morgan fingerprint density at radius 3 is 3.00 bits per heavy atom. The molecule has 0 aliphatic rings. The van der Waals surface area contributed by atoms with Crippen LogP contribution in [0.4, 0.5) is 5.88 Å². The van der Waals surface area contributed by atoms with Gasteiger partial charge in [0.15, 0.2) is 5.90 Å². The molecule has 1 rings (SSSR count). The average molecular weight is 192 g/mol. The molecule has 74 valence electrons. The van der Waals surface area contributed by atoms with Crippen LogP contribution in [0, 0.1) is 18.3 Å². The molecule has 0 radical (unpaired) electrons. The number of ether oxygens (including phenoxy) is 1. The maximum Gasteiger partial charge on any atom is 0.240 e. The third-order valence-corrected chi connectivity index (χ3v) is 1.68. The first-order valence-electron chi connectivity index (χ1n) is 4.35. The summed E-state index contributed by atoms with van der Waals surface area (Å²) < 4.78 is 10.2. The normalized spacial score (nSPS) is 11.1. The molecular formula is C10H12N2O2. The second kappa shape index (κ2) is 4.47. The van der Waals surface area contributed by atoms with Crippen LogP contribution in [0.25, 0.3) is 0 Å². The number of furan rings is 1. The molecule has 1 aromatic heterocycles. The molecular weight excluding hydrogens is 180 g/mol. The van der Waals surface area contributed by atoms with E-state index < -0.39 is 0 Å². The van der Waals surface area contributed by atoms with Crippen LogP contribution in [0.15, 0.2) is 15.7 Å². The highest BCUT2D eigenvalue weighted by atomic mass is 16.5. The molecule has 0 fully saturated rings. The summed E-state index contributed by atoms with van der Waals surface area (Å²) in [5, 5.41) is 8.81. The van der Waals surface area contributed by atoms with Crippen LogP contribution >= 0.6 is 0 Å². The number of nitriles is 1. The van der Waals surface area contributed by atoms with E-state index in [1.165, 1.54) is 6.26 Å². The van der Waals surface area contributed by atoms with Crippen molar-refractivity contribution >= 4 is 11.8 Å². The molecule has 0 unspecified atom stereocenters. The van der Waals surface area contributed by atoms with E-state index >= 15 is 0 Å². The third kappa shape index (κ3) is 2.13. The van der Waals surface area contributed by atoms with E-state index in [1.807, 2.05) is 13.0 Å². The van der Waals surface area contributed by atoms with Gasteiger partial charge in [-0.2, -0.15) is 10.3 Å². The van der Waals surface area contributed by atoms with Crippen molar-refractivity contribution in [3.05, 3.63) is 17.4 Å². The summed E-state index contributed by atoms with van der Waals surface area (Å²) in [5.41, 5.74) is 1.25. The Bertz CT molecular complexity index is 385. The molecule has 14 heavy (non-hydrogen) atoms. The number of hydrogen-bond donors (Lipinski definition) is 0. The lowest BCUT2D eigenvalue weighted by Gasteiger charge is -1.99. The smallest absolute Gasteiger partial charge is 0.240 e. The predicted octanol–water partition coefficient (Wildman–Crippen LogP) is 2.55. The highest BCUT2D eigenvalue weighted by Crippen LogP contribution is 2.23. The minimum Gasteiger partial charge on any atom is -0.481 e. The Morgan fingerprint density at radius 2 is 2.43 bits per heavy atom. The number of aryl methyl sites for hydroxylation is 1. The molecule has 0 aliphatic carbocycles. The highest BCUT2D eigenvalue weighted by molar-refractivity contribution is 5.76. The number of aliphatic imine (C=N–C) groups is 1. The van der Waals surface area contributed by atoms with Gasteiger partial charge in [0.1, 0.15) is 11.6 Å². The minimum absolute atomic E-state index is 0.316. The molecule has 0 spiro atoms. The lowest BCUT2D eigenvalue weighted by atomic mass is 10.2. The number of hydrogen-bond acceptors (Lipinski definition) is 4. The monoisotopic (exact) mass is 192 g/mol. The van der Waals surface area contributed by atoms with Gasteiger partial charge in [0, 0.05) is 12.5 Å². The van der Waals surface area contributed by atoms with E-state index in [0.717, 1.165) is 5.56 Å². The van der Waals surface area contributed by atoms with Gasteiger partial charge in [-0.1, -0.05) is 0 Å². The summed E-state index contributed by atoms with van der Waals surface area (Å²) in [6.45, 7) is 5.95. The first kappa shape index (κ1) is 10.3. The standard InChI is InChI=1S/C10H12N2O2/c1-4-13-8(3)12-10-9(5-11)7(2)6-14-10/h6H,4H2,1-3H3. The summed E-state index contributed by atoms with van der Waals surface area (Å²) in [5.74, 6) is 0.814. The van der Waals surface area contributed by atoms with Gasteiger partial charge in [0.25, 0.3) is 0 Å². The summed E-state index contributed by atoms with van der Waals surface area (Å²) >= 11 is 0. The Hall–Kier alpha value is -1.76. The summed E-state index contributed by atoms with van der Waals surface area (Å²) in [6.07, 6.45) is 1.51. The van der Waals surface area contributed by atoms with Crippen molar-refractivity contribution in [1.29, 1.82) is 5.26 Å². The van der Waals surface area contributed by atoms with Crippen molar-refractivity contribution < 1.29 is 9.15 Å². The molecule has 1 aromatic rings. The zero-order chi connectivity index (χ0) is 10.6. The fourth-order valence-electron chi connectivity index (χ4n) is 1.03. The second-order valence-electron chi connectivity index (χ2n) is 2.77. The summed E-state index contributed by atoms with van der Waals surface area (Å²) in [4.78, 5) is 4.05. The first-order valence-corrected chi connectivity index (χ1v) is 4.35. The van der Waals surface area contributed by atoms with Crippen LogP contribution in [0.2, 0.25) is 0 Å². The summed E-state index contributed by atoms with van der Waals surface area (Å²) in [6, 6.07) is 2.03. The molecule has 0 amide bonds. The SMILES string of the molecule is CCOC(C)=Nc1occ(C)c1C#N. The van der Waals surface area contributed by atoms with Crippen molar-refractivity contribution in [2.24, 2.45) is 4.99 Å². The second-order valence-corrected chi connectivity index (χ2v) is 2.77.